The first-order chi connectivity index (χ1) is 10.7. The van der Waals surface area contributed by atoms with Gasteiger partial charge in [0.1, 0.15) is 0 Å². The van der Waals surface area contributed by atoms with Crippen LogP contribution < -0.4 is 10.6 Å². The topological polar surface area (TPSA) is 57.5 Å². The standard InChI is InChI=1S/C16H30N6.HI/c1-4-21-9-5-7-15(21)12-19-16(17-3)18-11-14(2)13-22-10-6-8-20-22;/h6,8,10,14-15H,4-5,7,9,11-13H2,1-3H3,(H2,17,18,19);1H. The van der Waals surface area contributed by atoms with Crippen molar-refractivity contribution in [1.82, 2.24) is 25.3 Å². The lowest BCUT2D eigenvalue weighted by Gasteiger charge is -2.24. The number of halogens is 1. The van der Waals surface area contributed by atoms with Crippen LogP contribution in [0.2, 0.25) is 0 Å². The molecule has 2 atom stereocenters. The molecule has 1 aromatic heterocycles. The van der Waals surface area contributed by atoms with Gasteiger partial charge in [0.05, 0.1) is 0 Å². The molecule has 2 N–H and O–H groups in total. The molecule has 0 radical (unpaired) electrons. The molecule has 1 fully saturated rings. The average Bonchev–Trinajstić information content (AvgIpc) is 3.18. The highest BCUT2D eigenvalue weighted by atomic mass is 127. The number of hydrogen-bond donors (Lipinski definition) is 2. The summed E-state index contributed by atoms with van der Waals surface area (Å²) in [5.41, 5.74) is 0. The van der Waals surface area contributed by atoms with Crippen LogP contribution in [0.3, 0.4) is 0 Å². The fraction of sp³-hybridized carbons (Fsp3) is 0.750. The van der Waals surface area contributed by atoms with Crippen LogP contribution in [0.4, 0.5) is 0 Å². The third-order valence-electron chi connectivity index (χ3n) is 4.31. The summed E-state index contributed by atoms with van der Waals surface area (Å²) in [6.45, 7) is 9.61. The molecule has 1 aromatic rings. The molecule has 0 spiro atoms. The van der Waals surface area contributed by atoms with E-state index >= 15 is 0 Å². The van der Waals surface area contributed by atoms with Gasteiger partial charge in [-0.2, -0.15) is 5.10 Å². The summed E-state index contributed by atoms with van der Waals surface area (Å²) in [6, 6.07) is 2.60. The molecule has 2 rings (SSSR count). The number of nitrogens with one attached hydrogen (secondary N) is 2. The maximum Gasteiger partial charge on any atom is 0.191 e. The molecule has 1 aliphatic rings. The second-order valence-corrected chi connectivity index (χ2v) is 6.09. The molecule has 1 aliphatic heterocycles. The number of nitrogens with zero attached hydrogens (tertiary/aromatic N) is 4. The van der Waals surface area contributed by atoms with E-state index in [1.165, 1.54) is 19.4 Å². The van der Waals surface area contributed by atoms with Crippen molar-refractivity contribution in [2.45, 2.75) is 39.3 Å². The average molecular weight is 434 g/mol. The maximum atomic E-state index is 4.32. The van der Waals surface area contributed by atoms with Gasteiger partial charge >= 0.3 is 0 Å². The summed E-state index contributed by atoms with van der Waals surface area (Å²) in [7, 11) is 1.83. The van der Waals surface area contributed by atoms with Crippen LogP contribution in [-0.4, -0.2) is 59.9 Å². The third-order valence-corrected chi connectivity index (χ3v) is 4.31. The number of guanidine groups is 1. The van der Waals surface area contributed by atoms with Crippen LogP contribution in [0.15, 0.2) is 23.5 Å². The second-order valence-electron chi connectivity index (χ2n) is 6.09. The number of rotatable bonds is 7. The lowest BCUT2D eigenvalue weighted by Crippen LogP contribution is -2.45. The van der Waals surface area contributed by atoms with Crippen molar-refractivity contribution < 1.29 is 0 Å². The molecule has 1 saturated heterocycles. The Morgan fingerprint density at radius 1 is 1.43 bits per heavy atom. The van der Waals surface area contributed by atoms with E-state index in [2.05, 4.69) is 39.5 Å². The minimum absolute atomic E-state index is 0. The Morgan fingerprint density at radius 3 is 2.91 bits per heavy atom. The molecule has 0 aliphatic carbocycles. The fourth-order valence-corrected chi connectivity index (χ4v) is 3.04. The van der Waals surface area contributed by atoms with Crippen molar-refractivity contribution in [2.24, 2.45) is 10.9 Å². The zero-order chi connectivity index (χ0) is 15.8. The van der Waals surface area contributed by atoms with Gasteiger partial charge in [0.2, 0.25) is 0 Å². The zero-order valence-corrected chi connectivity index (χ0v) is 16.9. The molecule has 2 heterocycles. The van der Waals surface area contributed by atoms with Gasteiger partial charge in [-0.25, -0.2) is 0 Å². The molecule has 6 nitrogen and oxygen atoms in total. The van der Waals surface area contributed by atoms with E-state index in [4.69, 9.17) is 0 Å². The normalized spacial score (nSPS) is 20.1. The van der Waals surface area contributed by atoms with Crippen molar-refractivity contribution in [3.8, 4) is 0 Å². The highest BCUT2D eigenvalue weighted by Crippen LogP contribution is 2.15. The maximum absolute atomic E-state index is 4.32. The summed E-state index contributed by atoms with van der Waals surface area (Å²) in [4.78, 5) is 6.86. The van der Waals surface area contributed by atoms with E-state index in [0.717, 1.165) is 32.1 Å². The highest BCUT2D eigenvalue weighted by molar-refractivity contribution is 14.0. The van der Waals surface area contributed by atoms with Gasteiger partial charge in [0.15, 0.2) is 5.96 Å². The van der Waals surface area contributed by atoms with Crippen molar-refractivity contribution in [3.63, 3.8) is 0 Å². The third kappa shape index (κ3) is 6.66. The summed E-state index contributed by atoms with van der Waals surface area (Å²) in [6.07, 6.45) is 6.42. The summed E-state index contributed by atoms with van der Waals surface area (Å²) in [5.74, 6) is 1.40. The molecule has 23 heavy (non-hydrogen) atoms. The van der Waals surface area contributed by atoms with Gasteiger partial charge in [-0.3, -0.25) is 14.6 Å². The van der Waals surface area contributed by atoms with Crippen LogP contribution in [0.25, 0.3) is 0 Å². The van der Waals surface area contributed by atoms with Crippen molar-refractivity contribution >= 4 is 29.9 Å². The molecule has 7 heteroatoms. The van der Waals surface area contributed by atoms with E-state index in [-0.39, 0.29) is 24.0 Å². The minimum atomic E-state index is 0. The van der Waals surface area contributed by atoms with Gasteiger partial charge in [0.25, 0.3) is 0 Å². The first kappa shape index (κ1) is 20.2. The fourth-order valence-electron chi connectivity index (χ4n) is 3.04. The largest absolute Gasteiger partial charge is 0.356 e. The minimum Gasteiger partial charge on any atom is -0.356 e. The number of hydrogen-bond acceptors (Lipinski definition) is 3. The van der Waals surface area contributed by atoms with Crippen LogP contribution in [0, 0.1) is 5.92 Å². The summed E-state index contributed by atoms with van der Waals surface area (Å²) < 4.78 is 1.97. The lowest BCUT2D eigenvalue weighted by atomic mass is 10.2. The van der Waals surface area contributed by atoms with Gasteiger partial charge in [-0.05, 0) is 37.9 Å². The Bertz CT molecular complexity index is 447. The van der Waals surface area contributed by atoms with E-state index in [9.17, 15) is 0 Å². The first-order valence-corrected chi connectivity index (χ1v) is 8.39. The van der Waals surface area contributed by atoms with Gasteiger partial charge in [0, 0.05) is 45.1 Å². The van der Waals surface area contributed by atoms with Gasteiger partial charge in [-0.1, -0.05) is 13.8 Å². The smallest absolute Gasteiger partial charge is 0.191 e. The van der Waals surface area contributed by atoms with Crippen molar-refractivity contribution in [1.29, 1.82) is 0 Å². The Morgan fingerprint density at radius 2 is 2.26 bits per heavy atom. The van der Waals surface area contributed by atoms with Gasteiger partial charge in [-0.15, -0.1) is 24.0 Å². The van der Waals surface area contributed by atoms with Gasteiger partial charge < -0.3 is 10.6 Å². The first-order valence-electron chi connectivity index (χ1n) is 8.39. The second kappa shape index (κ2) is 10.9. The number of likely N-dealkylation sites (N-methyl/N-ethyl adjacent to an activating group) is 1. The Balaban J connectivity index is 0.00000264. The molecular formula is C16H31IN6. The summed E-state index contributed by atoms with van der Waals surface area (Å²) in [5, 5.41) is 11.1. The van der Waals surface area contributed by atoms with Crippen LogP contribution in [0.1, 0.15) is 26.7 Å². The number of likely N-dealkylation sites (tertiary alicyclic amines) is 1. The Labute approximate surface area is 157 Å². The Kier molecular flexibility index (Phi) is 9.54. The highest BCUT2D eigenvalue weighted by Gasteiger charge is 2.22. The Hall–Kier alpha value is -0.830. The zero-order valence-electron chi connectivity index (χ0n) is 14.5. The van der Waals surface area contributed by atoms with Crippen LogP contribution >= 0.6 is 24.0 Å². The monoisotopic (exact) mass is 434 g/mol. The van der Waals surface area contributed by atoms with E-state index in [1.54, 1.807) is 0 Å². The van der Waals surface area contributed by atoms with E-state index in [0.29, 0.717) is 12.0 Å². The number of aromatic nitrogens is 2. The lowest BCUT2D eigenvalue weighted by molar-refractivity contribution is 0.267. The van der Waals surface area contributed by atoms with Crippen molar-refractivity contribution in [2.75, 3.05) is 33.2 Å². The quantitative estimate of drug-likeness (QED) is 0.391. The van der Waals surface area contributed by atoms with E-state index < -0.39 is 0 Å². The van der Waals surface area contributed by atoms with Crippen molar-refractivity contribution in [3.05, 3.63) is 18.5 Å². The predicted octanol–water partition coefficient (Wildman–Crippen LogP) is 1.79. The molecule has 0 amide bonds. The molecule has 132 valence electrons. The molecule has 0 aromatic carbocycles. The van der Waals surface area contributed by atoms with Crippen LogP contribution in [-0.2, 0) is 6.54 Å². The molecular weight excluding hydrogens is 403 g/mol. The number of aliphatic imine (C=N–C) groups is 1. The molecule has 0 saturated carbocycles. The SMILES string of the molecule is CCN1CCCC1CNC(=NC)NCC(C)Cn1cccn1.I. The molecule has 0 bridgehead atoms. The summed E-state index contributed by atoms with van der Waals surface area (Å²) >= 11 is 0. The van der Waals surface area contributed by atoms with E-state index in [1.807, 2.05) is 30.2 Å². The molecule has 2 unspecified atom stereocenters. The van der Waals surface area contributed by atoms with Crippen LogP contribution in [0.5, 0.6) is 0 Å². The predicted molar refractivity (Wildman–Crippen MR) is 106 cm³/mol.